The van der Waals surface area contributed by atoms with E-state index in [1.807, 2.05) is 28.0 Å². The second-order valence-corrected chi connectivity index (χ2v) is 10.2. The van der Waals surface area contributed by atoms with Gasteiger partial charge in [-0.05, 0) is 67.3 Å². The van der Waals surface area contributed by atoms with Gasteiger partial charge < -0.3 is 19.4 Å². The van der Waals surface area contributed by atoms with Crippen LogP contribution in [0.15, 0.2) is 42.5 Å². The second-order valence-electron chi connectivity index (χ2n) is 10.2. The van der Waals surface area contributed by atoms with E-state index in [4.69, 9.17) is 4.74 Å². The zero-order valence-corrected chi connectivity index (χ0v) is 21.6. The summed E-state index contributed by atoms with van der Waals surface area (Å²) in [7, 11) is 0. The Morgan fingerprint density at radius 3 is 2.44 bits per heavy atom. The third-order valence-electron chi connectivity index (χ3n) is 7.89. The lowest BCUT2D eigenvalue weighted by molar-refractivity contribution is -0.130. The minimum absolute atomic E-state index is 0.0649. The molecule has 3 aliphatic heterocycles. The van der Waals surface area contributed by atoms with E-state index in [1.165, 1.54) is 5.69 Å². The summed E-state index contributed by atoms with van der Waals surface area (Å²) >= 11 is 0. The van der Waals surface area contributed by atoms with Crippen LogP contribution in [0.3, 0.4) is 0 Å². The highest BCUT2D eigenvalue weighted by atomic mass is 16.5. The van der Waals surface area contributed by atoms with Crippen LogP contribution in [0.1, 0.15) is 49.0 Å². The molecule has 0 radical (unpaired) electrons. The predicted molar refractivity (Wildman–Crippen MR) is 143 cm³/mol. The number of nitrogens with zero attached hydrogens (tertiary/aromatic N) is 4. The van der Waals surface area contributed by atoms with Crippen LogP contribution in [-0.2, 0) is 11.2 Å². The first-order valence-electron chi connectivity index (χ1n) is 13.5. The van der Waals surface area contributed by atoms with Gasteiger partial charge in [-0.25, -0.2) is 0 Å². The normalized spacial score (nSPS) is 20.6. The van der Waals surface area contributed by atoms with E-state index >= 15 is 0 Å². The van der Waals surface area contributed by atoms with Gasteiger partial charge in [0, 0.05) is 75.7 Å². The number of amides is 2. The topological polar surface area (TPSA) is 56.3 Å². The van der Waals surface area contributed by atoms with Crippen molar-refractivity contribution in [2.45, 2.75) is 45.6 Å². The van der Waals surface area contributed by atoms with E-state index in [-0.39, 0.29) is 11.8 Å². The number of piperazine rings is 1. The molecule has 3 heterocycles. The molecule has 1 unspecified atom stereocenters. The van der Waals surface area contributed by atoms with E-state index in [9.17, 15) is 9.59 Å². The van der Waals surface area contributed by atoms with Crippen LogP contribution in [0.4, 0.5) is 11.4 Å². The molecule has 2 aromatic carbocycles. The molecule has 0 aromatic heterocycles. The van der Waals surface area contributed by atoms with Crippen molar-refractivity contribution in [3.8, 4) is 5.75 Å². The van der Waals surface area contributed by atoms with Crippen molar-refractivity contribution in [1.29, 1.82) is 0 Å². The van der Waals surface area contributed by atoms with Crippen molar-refractivity contribution in [3.05, 3.63) is 53.6 Å². The number of benzene rings is 2. The van der Waals surface area contributed by atoms with Crippen LogP contribution in [-0.4, -0.2) is 80.1 Å². The van der Waals surface area contributed by atoms with Crippen molar-refractivity contribution >= 4 is 23.2 Å². The van der Waals surface area contributed by atoms with Gasteiger partial charge in [0.25, 0.3) is 5.91 Å². The van der Waals surface area contributed by atoms with Crippen molar-refractivity contribution < 1.29 is 14.3 Å². The summed E-state index contributed by atoms with van der Waals surface area (Å²) in [5, 5.41) is 0. The zero-order chi connectivity index (χ0) is 25.1. The van der Waals surface area contributed by atoms with Crippen LogP contribution in [0.2, 0.25) is 0 Å². The number of carbonyl (C=O) groups excluding carboxylic acids is 2. The van der Waals surface area contributed by atoms with Crippen molar-refractivity contribution in [2.75, 3.05) is 62.2 Å². The number of rotatable bonds is 7. The highest BCUT2D eigenvalue weighted by Crippen LogP contribution is 2.30. The molecular weight excluding hydrogens is 452 g/mol. The summed E-state index contributed by atoms with van der Waals surface area (Å²) in [4.78, 5) is 33.7. The maximum Gasteiger partial charge on any atom is 0.258 e. The fourth-order valence-electron chi connectivity index (χ4n) is 5.65. The molecule has 2 aromatic rings. The molecule has 0 N–H and O–H groups in total. The molecule has 1 atom stereocenters. The Hall–Kier alpha value is -3.06. The maximum atomic E-state index is 13.3. The van der Waals surface area contributed by atoms with Crippen LogP contribution in [0, 0.1) is 0 Å². The number of fused-ring (bicyclic) bond motifs is 1. The lowest BCUT2D eigenvalue weighted by atomic mass is 9.98. The molecular formula is C29H38N4O3. The number of anilines is 2. The summed E-state index contributed by atoms with van der Waals surface area (Å²) in [6.07, 6.45) is 4.12. The third kappa shape index (κ3) is 5.21. The molecule has 7 nitrogen and oxygen atoms in total. The number of carbonyl (C=O) groups is 2. The summed E-state index contributed by atoms with van der Waals surface area (Å²) in [5.74, 6) is 1.10. The van der Waals surface area contributed by atoms with Gasteiger partial charge in [0.2, 0.25) is 5.91 Å². The summed E-state index contributed by atoms with van der Waals surface area (Å²) in [6, 6.07) is 14.9. The average Bonchev–Trinajstić information content (AvgIpc) is 3.40. The van der Waals surface area contributed by atoms with Gasteiger partial charge in [-0.2, -0.15) is 0 Å². The van der Waals surface area contributed by atoms with Gasteiger partial charge in [0.15, 0.2) is 0 Å². The predicted octanol–water partition coefficient (Wildman–Crippen LogP) is 3.81. The van der Waals surface area contributed by atoms with Gasteiger partial charge >= 0.3 is 0 Å². The first kappa shape index (κ1) is 24.6. The van der Waals surface area contributed by atoms with Crippen molar-refractivity contribution in [2.24, 2.45) is 0 Å². The Morgan fingerprint density at radius 1 is 0.972 bits per heavy atom. The van der Waals surface area contributed by atoms with Crippen LogP contribution in [0.25, 0.3) is 0 Å². The fourth-order valence-corrected chi connectivity index (χ4v) is 5.65. The SMILES string of the molecule is CCCCOc1ccc2c(c1)CCN(c1ccc(N3CCC(N4CCN(C(C)=O)CC4)C3)cc1)C2=O. The standard InChI is InChI=1S/C29H38N4O3/c1-3-4-19-36-27-9-10-28-23(20-27)11-14-33(29(28)35)25-7-5-24(6-8-25)32-13-12-26(21-32)31-17-15-30(16-18-31)22(2)34/h5-10,20,26H,3-4,11-19,21H2,1-2H3. The first-order valence-corrected chi connectivity index (χ1v) is 13.5. The van der Waals surface area contributed by atoms with E-state index in [2.05, 4.69) is 41.0 Å². The molecule has 192 valence electrons. The zero-order valence-electron chi connectivity index (χ0n) is 21.6. The molecule has 2 fully saturated rings. The molecule has 5 rings (SSSR count). The van der Waals surface area contributed by atoms with Gasteiger partial charge in [0.1, 0.15) is 5.75 Å². The van der Waals surface area contributed by atoms with Crippen LogP contribution >= 0.6 is 0 Å². The Kier molecular flexibility index (Phi) is 7.46. The average molecular weight is 491 g/mol. The third-order valence-corrected chi connectivity index (χ3v) is 7.89. The lowest BCUT2D eigenvalue weighted by Crippen LogP contribution is -2.52. The number of hydrogen-bond donors (Lipinski definition) is 0. The summed E-state index contributed by atoms with van der Waals surface area (Å²) in [6.45, 7) is 10.8. The molecule has 0 spiro atoms. The van der Waals surface area contributed by atoms with Crippen molar-refractivity contribution in [1.82, 2.24) is 9.80 Å². The molecule has 2 amide bonds. The molecule has 3 aliphatic rings. The quantitative estimate of drug-likeness (QED) is 0.553. The van der Waals surface area contributed by atoms with Crippen molar-refractivity contribution in [3.63, 3.8) is 0 Å². The maximum absolute atomic E-state index is 13.3. The Balaban J connectivity index is 1.18. The molecule has 0 aliphatic carbocycles. The molecule has 0 bridgehead atoms. The van der Waals surface area contributed by atoms with Gasteiger partial charge in [-0.1, -0.05) is 13.3 Å². The number of hydrogen-bond acceptors (Lipinski definition) is 5. The van der Waals surface area contributed by atoms with Gasteiger partial charge in [-0.3, -0.25) is 14.5 Å². The van der Waals surface area contributed by atoms with Crippen LogP contribution < -0.4 is 14.5 Å². The minimum Gasteiger partial charge on any atom is -0.494 e. The van der Waals surface area contributed by atoms with E-state index < -0.39 is 0 Å². The van der Waals surface area contributed by atoms with Gasteiger partial charge in [-0.15, -0.1) is 0 Å². The van der Waals surface area contributed by atoms with Gasteiger partial charge in [0.05, 0.1) is 6.61 Å². The fraction of sp³-hybridized carbons (Fsp3) is 0.517. The Bertz CT molecular complexity index is 1080. The summed E-state index contributed by atoms with van der Waals surface area (Å²) < 4.78 is 5.83. The molecule has 2 saturated heterocycles. The minimum atomic E-state index is 0.0649. The smallest absolute Gasteiger partial charge is 0.258 e. The first-order chi connectivity index (χ1) is 17.5. The van der Waals surface area contributed by atoms with Crippen LogP contribution in [0.5, 0.6) is 5.75 Å². The van der Waals surface area contributed by atoms with E-state index in [1.54, 1.807) is 6.92 Å². The lowest BCUT2D eigenvalue weighted by Gasteiger charge is -2.37. The Morgan fingerprint density at radius 2 is 1.72 bits per heavy atom. The second kappa shape index (κ2) is 10.9. The molecule has 0 saturated carbocycles. The Labute approximate surface area is 214 Å². The molecule has 36 heavy (non-hydrogen) atoms. The highest BCUT2D eigenvalue weighted by molar-refractivity contribution is 6.08. The number of unbranched alkanes of at least 4 members (excludes halogenated alkanes) is 1. The van der Waals surface area contributed by atoms with E-state index in [0.717, 1.165) is 94.1 Å². The largest absolute Gasteiger partial charge is 0.494 e. The molecule has 7 heteroatoms. The van der Waals surface area contributed by atoms with E-state index in [0.29, 0.717) is 12.6 Å². The monoisotopic (exact) mass is 490 g/mol. The highest BCUT2D eigenvalue weighted by Gasteiger charge is 2.31. The summed E-state index contributed by atoms with van der Waals surface area (Å²) in [5.41, 5.74) is 4.02. The number of ether oxygens (including phenoxy) is 1.